The third-order valence-corrected chi connectivity index (χ3v) is 4.87. The molecule has 3 atom stereocenters. The fourth-order valence-electron chi connectivity index (χ4n) is 3.57. The minimum atomic E-state index is -0.732. The van der Waals surface area contributed by atoms with E-state index in [4.69, 9.17) is 9.84 Å². The Labute approximate surface area is 142 Å². The van der Waals surface area contributed by atoms with E-state index in [0.29, 0.717) is 25.4 Å². The number of ether oxygens (including phenoxy) is 1. The molecule has 0 spiro atoms. The Morgan fingerprint density at radius 3 is 2.96 bits per heavy atom. The SMILES string of the molecule is CC(C)C1OCCCC1Nc1cc(N2CCC(C(=O)O)C2)ncn1. The molecule has 132 valence electrons. The van der Waals surface area contributed by atoms with Gasteiger partial charge in [0.25, 0.3) is 0 Å². The zero-order chi connectivity index (χ0) is 17.1. The molecule has 1 aromatic heterocycles. The van der Waals surface area contributed by atoms with Gasteiger partial charge in [-0.05, 0) is 25.2 Å². The average Bonchev–Trinajstić information content (AvgIpc) is 3.06. The summed E-state index contributed by atoms with van der Waals surface area (Å²) in [6.07, 6.45) is 4.49. The number of aliphatic carboxylic acids is 1. The maximum atomic E-state index is 11.1. The summed E-state index contributed by atoms with van der Waals surface area (Å²) in [6.45, 7) is 6.39. The predicted octanol–water partition coefficient (Wildman–Crippen LogP) is 2.00. The Morgan fingerprint density at radius 1 is 1.42 bits per heavy atom. The number of nitrogens with zero attached hydrogens (tertiary/aromatic N) is 3. The van der Waals surface area contributed by atoms with Gasteiger partial charge in [-0.15, -0.1) is 0 Å². The maximum Gasteiger partial charge on any atom is 0.308 e. The molecule has 0 aliphatic carbocycles. The lowest BCUT2D eigenvalue weighted by atomic mass is 9.94. The first-order valence-corrected chi connectivity index (χ1v) is 8.72. The van der Waals surface area contributed by atoms with E-state index in [-0.39, 0.29) is 18.1 Å². The number of nitrogens with one attached hydrogen (secondary N) is 1. The van der Waals surface area contributed by atoms with Gasteiger partial charge in [0.1, 0.15) is 18.0 Å². The van der Waals surface area contributed by atoms with Crippen LogP contribution in [0.3, 0.4) is 0 Å². The summed E-state index contributed by atoms with van der Waals surface area (Å²) >= 11 is 0. The van der Waals surface area contributed by atoms with Gasteiger partial charge in [-0.1, -0.05) is 13.8 Å². The fraction of sp³-hybridized carbons (Fsp3) is 0.706. The summed E-state index contributed by atoms with van der Waals surface area (Å²) in [4.78, 5) is 21.8. The Bertz CT molecular complexity index is 581. The molecule has 0 saturated carbocycles. The number of rotatable bonds is 5. The van der Waals surface area contributed by atoms with Crippen LogP contribution in [-0.4, -0.2) is 52.9 Å². The average molecular weight is 334 g/mol. The van der Waals surface area contributed by atoms with E-state index in [0.717, 1.165) is 31.1 Å². The Kier molecular flexibility index (Phi) is 5.18. The zero-order valence-electron chi connectivity index (χ0n) is 14.3. The van der Waals surface area contributed by atoms with E-state index in [1.807, 2.05) is 11.0 Å². The van der Waals surface area contributed by atoms with Crippen molar-refractivity contribution >= 4 is 17.6 Å². The number of anilines is 2. The van der Waals surface area contributed by atoms with Crippen molar-refractivity contribution in [3.8, 4) is 0 Å². The van der Waals surface area contributed by atoms with Crippen LogP contribution in [0.15, 0.2) is 12.4 Å². The van der Waals surface area contributed by atoms with Crippen LogP contribution in [0.2, 0.25) is 0 Å². The molecule has 0 bridgehead atoms. The molecule has 0 aromatic carbocycles. The Balaban J connectivity index is 1.68. The minimum Gasteiger partial charge on any atom is -0.481 e. The maximum absolute atomic E-state index is 11.1. The summed E-state index contributed by atoms with van der Waals surface area (Å²) in [6, 6.07) is 2.16. The van der Waals surface area contributed by atoms with Crippen LogP contribution in [0.25, 0.3) is 0 Å². The smallest absolute Gasteiger partial charge is 0.308 e. The van der Waals surface area contributed by atoms with E-state index in [1.54, 1.807) is 6.33 Å². The van der Waals surface area contributed by atoms with Crippen LogP contribution in [-0.2, 0) is 9.53 Å². The molecule has 1 aromatic rings. The molecule has 7 heteroatoms. The molecule has 3 unspecified atom stereocenters. The molecule has 2 saturated heterocycles. The zero-order valence-corrected chi connectivity index (χ0v) is 14.3. The number of aromatic nitrogens is 2. The van der Waals surface area contributed by atoms with Crippen molar-refractivity contribution in [1.29, 1.82) is 0 Å². The summed E-state index contributed by atoms with van der Waals surface area (Å²) in [5.74, 6) is 0.963. The molecule has 3 rings (SSSR count). The molecule has 2 fully saturated rings. The van der Waals surface area contributed by atoms with E-state index in [9.17, 15) is 4.79 Å². The number of hydrogen-bond acceptors (Lipinski definition) is 6. The minimum absolute atomic E-state index is 0.181. The first-order chi connectivity index (χ1) is 11.5. The van der Waals surface area contributed by atoms with Crippen LogP contribution in [0.1, 0.15) is 33.1 Å². The third kappa shape index (κ3) is 3.77. The third-order valence-electron chi connectivity index (χ3n) is 4.87. The summed E-state index contributed by atoms with van der Waals surface area (Å²) in [5.41, 5.74) is 0. The second-order valence-corrected chi connectivity index (χ2v) is 7.00. The molecular weight excluding hydrogens is 308 g/mol. The van der Waals surface area contributed by atoms with Gasteiger partial charge in [0.05, 0.1) is 18.1 Å². The number of carboxylic acids is 1. The molecule has 24 heavy (non-hydrogen) atoms. The summed E-state index contributed by atoms with van der Waals surface area (Å²) in [5, 5.41) is 12.6. The molecule has 2 aliphatic heterocycles. The van der Waals surface area contributed by atoms with Crippen LogP contribution < -0.4 is 10.2 Å². The Hall–Kier alpha value is -1.89. The van der Waals surface area contributed by atoms with Crippen molar-refractivity contribution in [2.75, 3.05) is 29.9 Å². The van der Waals surface area contributed by atoms with Gasteiger partial charge in [-0.3, -0.25) is 4.79 Å². The second-order valence-electron chi connectivity index (χ2n) is 7.00. The first kappa shape index (κ1) is 17.0. The normalized spacial score (nSPS) is 27.5. The van der Waals surface area contributed by atoms with Crippen LogP contribution in [0.5, 0.6) is 0 Å². The summed E-state index contributed by atoms with van der Waals surface area (Å²) in [7, 11) is 0. The lowest BCUT2D eigenvalue weighted by Crippen LogP contribution is -2.43. The van der Waals surface area contributed by atoms with Crippen molar-refractivity contribution < 1.29 is 14.6 Å². The quantitative estimate of drug-likeness (QED) is 0.851. The van der Waals surface area contributed by atoms with Gasteiger partial charge >= 0.3 is 5.97 Å². The van der Waals surface area contributed by atoms with E-state index < -0.39 is 5.97 Å². The predicted molar refractivity (Wildman–Crippen MR) is 91.2 cm³/mol. The van der Waals surface area contributed by atoms with Crippen LogP contribution in [0.4, 0.5) is 11.6 Å². The van der Waals surface area contributed by atoms with Crippen molar-refractivity contribution in [2.24, 2.45) is 11.8 Å². The van der Waals surface area contributed by atoms with E-state index in [2.05, 4.69) is 29.1 Å². The standard InChI is InChI=1S/C17H26N4O3/c1-11(2)16-13(4-3-7-24-16)20-14-8-15(19-10-18-14)21-6-5-12(9-21)17(22)23/h8,10-13,16H,3-7,9H2,1-2H3,(H,22,23)(H,18,19,20). The highest BCUT2D eigenvalue weighted by molar-refractivity contribution is 5.72. The van der Waals surface area contributed by atoms with Crippen LogP contribution in [0, 0.1) is 11.8 Å². The lowest BCUT2D eigenvalue weighted by molar-refractivity contribution is -0.140. The molecule has 2 N–H and O–H groups in total. The number of hydrogen-bond donors (Lipinski definition) is 2. The lowest BCUT2D eigenvalue weighted by Gasteiger charge is -2.35. The van der Waals surface area contributed by atoms with Gasteiger partial charge in [-0.2, -0.15) is 0 Å². The van der Waals surface area contributed by atoms with Gasteiger partial charge < -0.3 is 20.1 Å². The monoisotopic (exact) mass is 334 g/mol. The fourth-order valence-corrected chi connectivity index (χ4v) is 3.57. The first-order valence-electron chi connectivity index (χ1n) is 8.72. The van der Waals surface area contributed by atoms with Crippen molar-refractivity contribution in [1.82, 2.24) is 9.97 Å². The van der Waals surface area contributed by atoms with Crippen molar-refractivity contribution in [3.05, 3.63) is 12.4 Å². The molecule has 2 aliphatic rings. The topological polar surface area (TPSA) is 87.6 Å². The van der Waals surface area contributed by atoms with E-state index in [1.165, 1.54) is 0 Å². The molecule has 0 radical (unpaired) electrons. The highest BCUT2D eigenvalue weighted by Gasteiger charge is 2.30. The van der Waals surface area contributed by atoms with Crippen molar-refractivity contribution in [2.45, 2.75) is 45.3 Å². The van der Waals surface area contributed by atoms with Gasteiger partial charge in [0.2, 0.25) is 0 Å². The van der Waals surface area contributed by atoms with E-state index >= 15 is 0 Å². The highest BCUT2D eigenvalue weighted by Crippen LogP contribution is 2.26. The molecular formula is C17H26N4O3. The van der Waals surface area contributed by atoms with Gasteiger partial charge in [-0.25, -0.2) is 9.97 Å². The van der Waals surface area contributed by atoms with Gasteiger partial charge in [0.15, 0.2) is 0 Å². The highest BCUT2D eigenvalue weighted by atomic mass is 16.5. The van der Waals surface area contributed by atoms with Crippen molar-refractivity contribution in [3.63, 3.8) is 0 Å². The number of carbonyl (C=O) groups is 1. The molecule has 3 heterocycles. The number of carboxylic acid groups (broad SMARTS) is 1. The summed E-state index contributed by atoms with van der Waals surface area (Å²) < 4.78 is 5.91. The molecule has 0 amide bonds. The Morgan fingerprint density at radius 2 is 2.25 bits per heavy atom. The van der Waals surface area contributed by atoms with Crippen LogP contribution >= 0.6 is 0 Å². The van der Waals surface area contributed by atoms with Gasteiger partial charge in [0, 0.05) is 25.8 Å². The largest absolute Gasteiger partial charge is 0.481 e. The molecule has 7 nitrogen and oxygen atoms in total. The second kappa shape index (κ2) is 7.34.